The van der Waals surface area contributed by atoms with Crippen molar-refractivity contribution in [2.75, 3.05) is 24.2 Å². The molecule has 7 amide bonds. The minimum atomic E-state index is -1.35. The fourth-order valence-corrected chi connectivity index (χ4v) is 8.81. The van der Waals surface area contributed by atoms with Gasteiger partial charge in [0.15, 0.2) is 0 Å². The van der Waals surface area contributed by atoms with Gasteiger partial charge >= 0.3 is 18.3 Å². The average Bonchev–Trinajstić information content (AvgIpc) is 3.33. The first-order valence-corrected chi connectivity index (χ1v) is 24.3. The van der Waals surface area contributed by atoms with Crippen molar-refractivity contribution in [3.05, 3.63) is 168 Å². The summed E-state index contributed by atoms with van der Waals surface area (Å²) in [5.74, 6) is -2.64. The van der Waals surface area contributed by atoms with Crippen molar-refractivity contribution in [1.29, 1.82) is 0 Å². The molecule has 0 bridgehead atoms. The highest BCUT2D eigenvalue weighted by Crippen LogP contribution is 2.48. The van der Waals surface area contributed by atoms with Gasteiger partial charge in [0.05, 0.1) is 11.3 Å². The van der Waals surface area contributed by atoms with Crippen LogP contribution in [0, 0.1) is 0 Å². The molecular formula is C54H63N7O10S. The number of carbonyl (C=O) groups excluding carboxylic acids is 7. The summed E-state index contributed by atoms with van der Waals surface area (Å²) in [5.41, 5.74) is 7.53. The number of ether oxygens (including phenoxy) is 3. The number of thioether (sulfide) groups is 1. The van der Waals surface area contributed by atoms with E-state index in [0.717, 1.165) is 16.7 Å². The first-order valence-electron chi connectivity index (χ1n) is 23.3. The van der Waals surface area contributed by atoms with Crippen LogP contribution >= 0.6 is 11.8 Å². The number of anilines is 1. The number of benzene rings is 5. The predicted molar refractivity (Wildman–Crippen MR) is 276 cm³/mol. The lowest BCUT2D eigenvalue weighted by Crippen LogP contribution is -2.56. The van der Waals surface area contributed by atoms with Crippen molar-refractivity contribution in [1.82, 2.24) is 26.6 Å². The number of primary amides is 1. The molecule has 8 N–H and O–H groups in total. The molecule has 72 heavy (non-hydrogen) atoms. The van der Waals surface area contributed by atoms with Crippen LogP contribution in [0.3, 0.4) is 0 Å². The summed E-state index contributed by atoms with van der Waals surface area (Å²) in [6.45, 7) is 9.41. The van der Waals surface area contributed by atoms with Gasteiger partial charge in [0.2, 0.25) is 23.6 Å². The fraction of sp³-hybridized carbons (Fsp3) is 0.315. The van der Waals surface area contributed by atoms with Gasteiger partial charge < -0.3 is 51.8 Å². The molecule has 0 aliphatic carbocycles. The fourth-order valence-electron chi connectivity index (χ4n) is 7.25. The molecule has 17 nitrogen and oxygen atoms in total. The van der Waals surface area contributed by atoms with Crippen molar-refractivity contribution >= 4 is 59.4 Å². The molecular weight excluding hydrogens is 939 g/mol. The van der Waals surface area contributed by atoms with Gasteiger partial charge in [0.1, 0.15) is 35.1 Å². The zero-order valence-corrected chi connectivity index (χ0v) is 42.0. The van der Waals surface area contributed by atoms with Crippen LogP contribution < -0.4 is 42.4 Å². The van der Waals surface area contributed by atoms with E-state index in [1.807, 2.05) is 97.1 Å². The number of hydrogen-bond acceptors (Lipinski definition) is 11. The monoisotopic (exact) mass is 1000 g/mol. The predicted octanol–water partition coefficient (Wildman–Crippen LogP) is 6.94. The van der Waals surface area contributed by atoms with Crippen LogP contribution in [0.5, 0.6) is 5.75 Å². The molecule has 380 valence electrons. The second-order valence-corrected chi connectivity index (χ2v) is 19.8. The third-order valence-electron chi connectivity index (χ3n) is 10.4. The summed E-state index contributed by atoms with van der Waals surface area (Å²) in [4.78, 5) is 92.3. The van der Waals surface area contributed by atoms with E-state index in [0.29, 0.717) is 11.3 Å². The minimum Gasteiger partial charge on any atom is -0.444 e. The Labute approximate surface area is 424 Å². The number of para-hydroxylation sites is 1. The number of alkyl carbamates (subject to hydrolysis) is 2. The van der Waals surface area contributed by atoms with Crippen molar-refractivity contribution in [2.45, 2.75) is 88.5 Å². The molecule has 0 radical (unpaired) electrons. The van der Waals surface area contributed by atoms with Crippen molar-refractivity contribution in [3.8, 4) is 5.75 Å². The Morgan fingerprint density at radius 1 is 0.528 bits per heavy atom. The average molecular weight is 1000 g/mol. The Morgan fingerprint density at radius 3 is 1.47 bits per heavy atom. The lowest BCUT2D eigenvalue weighted by atomic mass is 9.84. The topological polar surface area (TPSA) is 245 Å². The Bertz CT molecular complexity index is 2500. The van der Waals surface area contributed by atoms with Crippen LogP contribution in [0.25, 0.3) is 0 Å². The molecule has 0 saturated heterocycles. The molecule has 0 aliphatic rings. The molecule has 3 atom stereocenters. The number of carbonyl (C=O) groups is 7. The van der Waals surface area contributed by atoms with Gasteiger partial charge in [-0.3, -0.25) is 19.2 Å². The van der Waals surface area contributed by atoms with Crippen molar-refractivity contribution in [2.24, 2.45) is 5.73 Å². The van der Waals surface area contributed by atoms with Gasteiger partial charge in [-0.25, -0.2) is 14.4 Å². The second kappa shape index (κ2) is 25.8. The molecule has 3 unspecified atom stereocenters. The van der Waals surface area contributed by atoms with Gasteiger partial charge in [0, 0.05) is 24.4 Å². The Balaban J connectivity index is 1.30. The third kappa shape index (κ3) is 17.5. The highest BCUT2D eigenvalue weighted by molar-refractivity contribution is 8.00. The molecule has 0 aliphatic heterocycles. The molecule has 5 rings (SSSR count). The van der Waals surface area contributed by atoms with E-state index in [4.69, 9.17) is 19.9 Å². The van der Waals surface area contributed by atoms with E-state index in [9.17, 15) is 33.6 Å². The largest absolute Gasteiger partial charge is 0.444 e. The Morgan fingerprint density at radius 2 is 1.00 bits per heavy atom. The minimum absolute atomic E-state index is 0.0284. The van der Waals surface area contributed by atoms with Gasteiger partial charge in [-0.05, 0) is 94.5 Å². The lowest BCUT2D eigenvalue weighted by molar-refractivity contribution is -0.130. The molecule has 18 heteroatoms. The van der Waals surface area contributed by atoms with Crippen LogP contribution in [0.2, 0.25) is 0 Å². The second-order valence-electron chi connectivity index (χ2n) is 18.5. The van der Waals surface area contributed by atoms with Crippen LogP contribution in [0.4, 0.5) is 20.1 Å². The summed E-state index contributed by atoms with van der Waals surface area (Å²) < 4.78 is 15.5. The van der Waals surface area contributed by atoms with E-state index in [1.54, 1.807) is 77.9 Å². The molecule has 0 saturated carbocycles. The van der Waals surface area contributed by atoms with Gasteiger partial charge in [0.25, 0.3) is 0 Å². The summed E-state index contributed by atoms with van der Waals surface area (Å²) in [7, 11) is 0. The van der Waals surface area contributed by atoms with Gasteiger partial charge in [-0.15, -0.1) is 11.8 Å². The van der Waals surface area contributed by atoms with Crippen LogP contribution in [0.15, 0.2) is 146 Å². The smallest absolute Gasteiger partial charge is 0.412 e. The molecule has 5 aromatic rings. The highest BCUT2D eigenvalue weighted by Gasteiger charge is 2.39. The first-order chi connectivity index (χ1) is 34.2. The lowest BCUT2D eigenvalue weighted by Gasteiger charge is -2.36. The van der Waals surface area contributed by atoms with E-state index in [-0.39, 0.29) is 30.9 Å². The normalized spacial score (nSPS) is 12.6. The number of hydrogen-bond donors (Lipinski definition) is 7. The van der Waals surface area contributed by atoms with Crippen LogP contribution in [-0.2, 0) is 39.8 Å². The number of nitrogens with one attached hydrogen (secondary N) is 6. The third-order valence-corrected chi connectivity index (χ3v) is 12.0. The number of amides is 7. The maximum atomic E-state index is 14.3. The van der Waals surface area contributed by atoms with Gasteiger partial charge in [-0.2, -0.15) is 0 Å². The first kappa shape index (κ1) is 55.1. The zero-order chi connectivity index (χ0) is 52.3. The standard InChI is InChI=1S/C54H63N7O10S/c1-52(2,3)70-50(67)60-42(31-32-56-49(66)69-41-29-27-36(28-30-41)33-43(61-51(68)71-53(4,5)6)48(65)58-40-25-17-10-18-26-40)47(64)59-44(46(63)57-34-45(55)62)35-72-54(37-19-11-7-12-20-37,38-21-13-8-14-22-38)39-23-15-9-16-24-39/h7-30,42-44H,31-35H2,1-6H3,(H2,55,62)(H,56,66)(H,57,63)(H,58,65)(H,59,64)(H,60,67)(H,61,68). The van der Waals surface area contributed by atoms with Gasteiger partial charge in [-0.1, -0.05) is 121 Å². The molecule has 5 aromatic carbocycles. The molecule has 0 aromatic heterocycles. The summed E-state index contributed by atoms with van der Waals surface area (Å²) in [6, 6.07) is 40.6. The summed E-state index contributed by atoms with van der Waals surface area (Å²) >= 11 is 1.39. The Hall–Kier alpha value is -7.86. The SMILES string of the molecule is CC(C)(C)OC(=O)NC(Cc1ccc(OC(=O)NCCC(NC(=O)OC(C)(C)C)C(=O)NC(CSC(c2ccccc2)(c2ccccc2)c2ccccc2)C(=O)NCC(N)=O)cc1)C(=O)Nc1ccccc1. The Kier molecular flexibility index (Phi) is 19.8. The number of rotatable bonds is 21. The quantitative estimate of drug-likeness (QED) is 0.0371. The van der Waals surface area contributed by atoms with E-state index >= 15 is 0 Å². The highest BCUT2D eigenvalue weighted by atomic mass is 32.2. The zero-order valence-electron chi connectivity index (χ0n) is 41.2. The maximum absolute atomic E-state index is 14.3. The molecule has 0 fully saturated rings. The summed E-state index contributed by atoms with van der Waals surface area (Å²) in [5, 5.41) is 15.9. The molecule has 0 spiro atoms. The molecule has 0 heterocycles. The summed E-state index contributed by atoms with van der Waals surface area (Å²) in [6.07, 6.45) is -2.69. The van der Waals surface area contributed by atoms with E-state index < -0.39 is 82.5 Å². The van der Waals surface area contributed by atoms with Crippen molar-refractivity contribution < 1.29 is 47.8 Å². The van der Waals surface area contributed by atoms with E-state index in [2.05, 4.69) is 31.9 Å². The van der Waals surface area contributed by atoms with Crippen LogP contribution in [0.1, 0.15) is 70.2 Å². The number of nitrogens with two attached hydrogens (primary N) is 1. The van der Waals surface area contributed by atoms with Crippen molar-refractivity contribution in [3.63, 3.8) is 0 Å². The van der Waals surface area contributed by atoms with E-state index in [1.165, 1.54) is 23.9 Å². The maximum Gasteiger partial charge on any atom is 0.412 e. The van der Waals surface area contributed by atoms with Crippen LogP contribution in [-0.4, -0.2) is 90.1 Å².